The number of hydrogen-bond acceptors (Lipinski definition) is 8. The van der Waals surface area contributed by atoms with E-state index in [1.807, 2.05) is 36.1 Å². The van der Waals surface area contributed by atoms with Crippen molar-refractivity contribution in [1.29, 1.82) is 5.26 Å². The van der Waals surface area contributed by atoms with Crippen molar-refractivity contribution in [3.8, 4) is 17.7 Å². The van der Waals surface area contributed by atoms with Gasteiger partial charge in [0.1, 0.15) is 24.0 Å². The van der Waals surface area contributed by atoms with E-state index in [-0.39, 0.29) is 17.7 Å². The molecule has 0 radical (unpaired) electrons. The number of aromatic nitrogens is 1. The van der Waals surface area contributed by atoms with E-state index >= 15 is 0 Å². The van der Waals surface area contributed by atoms with Crippen LogP contribution < -0.4 is 14.5 Å². The molecule has 1 N–H and O–H groups in total. The third-order valence-corrected chi connectivity index (χ3v) is 9.06. The smallest absolute Gasteiger partial charge is 0.246 e. The minimum Gasteiger partial charge on any atom is -0.508 e. The second kappa shape index (κ2) is 11.5. The van der Waals surface area contributed by atoms with E-state index in [1.54, 1.807) is 6.07 Å². The maximum Gasteiger partial charge on any atom is 0.246 e. The van der Waals surface area contributed by atoms with Crippen molar-refractivity contribution < 1.29 is 14.6 Å². The van der Waals surface area contributed by atoms with E-state index in [4.69, 9.17) is 9.72 Å². The van der Waals surface area contributed by atoms with Crippen LogP contribution in [0.15, 0.2) is 49.1 Å². The Balaban J connectivity index is 1.39. The average molecular weight is 567 g/mol. The monoisotopic (exact) mass is 566 g/mol. The van der Waals surface area contributed by atoms with Gasteiger partial charge in [-0.05, 0) is 57.3 Å². The molecule has 0 spiro atoms. The van der Waals surface area contributed by atoms with E-state index in [0.29, 0.717) is 56.7 Å². The Hall–Kier alpha value is -4.29. The highest BCUT2D eigenvalue weighted by atomic mass is 16.5. The Morgan fingerprint density at radius 2 is 2.05 bits per heavy atom. The molecule has 0 saturated carbocycles. The predicted octanol–water partition coefficient (Wildman–Crippen LogP) is 4.07. The zero-order valence-electron chi connectivity index (χ0n) is 24.4. The van der Waals surface area contributed by atoms with Crippen LogP contribution in [-0.2, 0) is 17.8 Å². The quantitative estimate of drug-likeness (QED) is 0.446. The number of carbonyl (C=O) groups is 1. The molecular weight excluding hydrogens is 528 g/mol. The van der Waals surface area contributed by atoms with Gasteiger partial charge in [0.05, 0.1) is 17.9 Å². The summed E-state index contributed by atoms with van der Waals surface area (Å²) in [6.07, 6.45) is 4.26. The van der Waals surface area contributed by atoms with Crippen molar-refractivity contribution in [2.24, 2.45) is 0 Å². The summed E-state index contributed by atoms with van der Waals surface area (Å²) >= 11 is 0. The summed E-state index contributed by atoms with van der Waals surface area (Å²) in [7, 11) is 2.11. The summed E-state index contributed by atoms with van der Waals surface area (Å²) in [6, 6.07) is 14.4. The first-order valence-electron chi connectivity index (χ1n) is 14.8. The SMILES string of the molecule is C=CC(=O)N1CCN(c2c(C#N)c(OCC3CCCN3C)nc3c2CCN(c2cc(O)cc4ccccc24)C3)CC1C. The highest BCUT2D eigenvalue weighted by Crippen LogP contribution is 2.40. The number of piperazine rings is 1. The number of nitriles is 1. The summed E-state index contributed by atoms with van der Waals surface area (Å²) < 4.78 is 6.38. The molecule has 2 aromatic carbocycles. The molecular formula is C33H38N6O3. The van der Waals surface area contributed by atoms with Gasteiger partial charge in [-0.15, -0.1) is 0 Å². The molecule has 2 atom stereocenters. The van der Waals surface area contributed by atoms with E-state index in [2.05, 4.69) is 40.5 Å². The van der Waals surface area contributed by atoms with Crippen LogP contribution in [0.3, 0.4) is 0 Å². The molecule has 6 rings (SSSR count). The lowest BCUT2D eigenvalue weighted by Crippen LogP contribution is -2.54. The second-order valence-corrected chi connectivity index (χ2v) is 11.7. The first kappa shape index (κ1) is 27.9. The van der Waals surface area contributed by atoms with Crippen LogP contribution in [0.4, 0.5) is 11.4 Å². The molecule has 2 fully saturated rings. The maximum absolute atomic E-state index is 12.4. The molecule has 9 nitrogen and oxygen atoms in total. The number of carbonyl (C=O) groups excluding carboxylic acids is 1. The highest BCUT2D eigenvalue weighted by molar-refractivity contribution is 5.96. The summed E-state index contributed by atoms with van der Waals surface area (Å²) in [6.45, 7) is 10.2. The van der Waals surface area contributed by atoms with Crippen LogP contribution >= 0.6 is 0 Å². The van der Waals surface area contributed by atoms with E-state index in [9.17, 15) is 15.2 Å². The number of likely N-dealkylation sites (N-methyl/N-ethyl adjacent to an activating group) is 1. The molecule has 0 bridgehead atoms. The molecule has 9 heteroatoms. The van der Waals surface area contributed by atoms with Crippen LogP contribution in [0.1, 0.15) is 36.6 Å². The normalized spacial score (nSPS) is 20.8. The molecule has 1 aromatic heterocycles. The molecule has 0 aliphatic carbocycles. The Morgan fingerprint density at radius 1 is 1.21 bits per heavy atom. The van der Waals surface area contributed by atoms with Crippen LogP contribution in [-0.4, -0.2) is 84.3 Å². The molecule has 218 valence electrons. The highest BCUT2D eigenvalue weighted by Gasteiger charge is 2.34. The Bertz CT molecular complexity index is 1570. The topological polar surface area (TPSA) is 96.2 Å². The number of fused-ring (bicyclic) bond motifs is 2. The average Bonchev–Trinajstić information content (AvgIpc) is 3.42. The van der Waals surface area contributed by atoms with Crippen molar-refractivity contribution >= 4 is 28.1 Å². The first-order chi connectivity index (χ1) is 20.4. The van der Waals surface area contributed by atoms with E-state index < -0.39 is 0 Å². The number of anilines is 2. The number of ether oxygens (including phenoxy) is 1. The van der Waals surface area contributed by atoms with E-state index in [1.165, 1.54) is 6.08 Å². The number of rotatable bonds is 6. The Labute approximate surface area is 247 Å². The number of benzene rings is 2. The first-order valence-corrected chi connectivity index (χ1v) is 14.8. The summed E-state index contributed by atoms with van der Waals surface area (Å²) in [4.78, 5) is 26.1. The zero-order valence-corrected chi connectivity index (χ0v) is 24.4. The standard InChI is InChI=1S/C33H38N6O3/c1-4-31(41)39-15-14-38(19-22(39)2)32-27-11-13-37(30-17-25(40)16-23-8-5-6-10-26(23)30)20-29(27)35-33(28(32)18-34)42-21-24-9-7-12-36(24)3/h4-6,8,10,16-17,22,24,40H,1,7,9,11-15,19-21H2,2-3H3. The van der Waals surface area contributed by atoms with Gasteiger partial charge in [-0.1, -0.05) is 30.8 Å². The number of phenolic OH excluding ortho intramolecular Hbond substituents is 1. The molecule has 3 aromatic rings. The van der Waals surface area contributed by atoms with Crippen molar-refractivity contribution in [2.75, 3.05) is 56.2 Å². The van der Waals surface area contributed by atoms with Crippen molar-refractivity contribution in [3.63, 3.8) is 0 Å². The fraction of sp³-hybridized carbons (Fsp3) is 0.424. The van der Waals surface area contributed by atoms with Crippen LogP contribution in [0.2, 0.25) is 0 Å². The number of nitrogens with zero attached hydrogens (tertiary/aromatic N) is 6. The van der Waals surface area contributed by atoms with Crippen molar-refractivity contribution in [1.82, 2.24) is 14.8 Å². The van der Waals surface area contributed by atoms with Crippen LogP contribution in [0.5, 0.6) is 11.6 Å². The molecule has 4 heterocycles. The molecule has 3 aliphatic rings. The van der Waals surface area contributed by atoms with Gasteiger partial charge in [0, 0.05) is 61.0 Å². The molecule has 2 unspecified atom stereocenters. The minimum atomic E-state index is -0.0712. The fourth-order valence-electron chi connectivity index (χ4n) is 6.80. The summed E-state index contributed by atoms with van der Waals surface area (Å²) in [5.74, 6) is 0.540. The zero-order chi connectivity index (χ0) is 29.4. The summed E-state index contributed by atoms with van der Waals surface area (Å²) in [5.41, 5.74) is 4.27. The lowest BCUT2D eigenvalue weighted by atomic mass is 9.96. The number of amides is 1. The van der Waals surface area contributed by atoms with Gasteiger partial charge in [0.2, 0.25) is 11.8 Å². The molecule has 3 aliphatic heterocycles. The number of pyridine rings is 1. The Kier molecular flexibility index (Phi) is 7.65. The molecule has 42 heavy (non-hydrogen) atoms. The third-order valence-electron chi connectivity index (χ3n) is 9.06. The second-order valence-electron chi connectivity index (χ2n) is 11.7. The number of hydrogen-bond donors (Lipinski definition) is 1. The number of aromatic hydroxyl groups is 1. The lowest BCUT2D eigenvalue weighted by Gasteiger charge is -2.42. The minimum absolute atomic E-state index is 0.0325. The number of likely N-dealkylation sites (tertiary alicyclic amines) is 1. The van der Waals surface area contributed by atoms with Gasteiger partial charge in [-0.25, -0.2) is 4.98 Å². The summed E-state index contributed by atoms with van der Waals surface area (Å²) in [5, 5.41) is 23.1. The molecule has 1 amide bonds. The van der Waals surface area contributed by atoms with Crippen molar-refractivity contribution in [2.45, 2.75) is 44.8 Å². The Morgan fingerprint density at radius 3 is 2.79 bits per heavy atom. The lowest BCUT2D eigenvalue weighted by molar-refractivity contribution is -0.128. The van der Waals surface area contributed by atoms with Gasteiger partial charge in [-0.2, -0.15) is 5.26 Å². The van der Waals surface area contributed by atoms with Crippen molar-refractivity contribution in [3.05, 3.63) is 65.9 Å². The van der Waals surface area contributed by atoms with Crippen LogP contribution in [0.25, 0.3) is 10.8 Å². The van der Waals surface area contributed by atoms with Gasteiger partial charge < -0.3 is 29.4 Å². The number of phenols is 1. The van der Waals surface area contributed by atoms with Crippen LogP contribution in [0, 0.1) is 11.3 Å². The predicted molar refractivity (Wildman–Crippen MR) is 164 cm³/mol. The largest absolute Gasteiger partial charge is 0.508 e. The van der Waals surface area contributed by atoms with Gasteiger partial charge >= 0.3 is 0 Å². The van der Waals surface area contributed by atoms with Gasteiger partial charge in [-0.3, -0.25) is 4.79 Å². The van der Waals surface area contributed by atoms with Gasteiger partial charge in [0.25, 0.3) is 0 Å². The molecule has 2 saturated heterocycles. The third kappa shape index (κ3) is 5.12. The van der Waals surface area contributed by atoms with Gasteiger partial charge in [0.15, 0.2) is 0 Å². The van der Waals surface area contributed by atoms with E-state index in [0.717, 1.165) is 59.3 Å². The fourth-order valence-corrected chi connectivity index (χ4v) is 6.80. The maximum atomic E-state index is 12.4.